The molecule has 22 aromatic rings. The minimum Gasteiger partial charge on any atom is -0.537 e. The predicted molar refractivity (Wildman–Crippen MR) is 486 cm³/mol. The van der Waals surface area contributed by atoms with E-state index in [1.165, 1.54) is 152 Å². The number of hydrogen-bond acceptors (Lipinski definition) is 4. The molecule has 0 atom stereocenters. The van der Waals surface area contributed by atoms with Crippen LogP contribution in [-0.2, 0) is 0 Å². The summed E-state index contributed by atoms with van der Waals surface area (Å²) in [6, 6.07) is 147. The van der Waals surface area contributed by atoms with E-state index in [4.69, 9.17) is 4.65 Å². The Bertz CT molecular complexity index is 7540. The van der Waals surface area contributed by atoms with Crippen LogP contribution in [0.4, 0.5) is 0 Å². The lowest BCUT2D eigenvalue weighted by molar-refractivity contribution is 0.425. The van der Waals surface area contributed by atoms with Crippen LogP contribution in [0.5, 0.6) is 5.75 Å². The lowest BCUT2D eigenvalue weighted by atomic mass is 9.80. The van der Waals surface area contributed by atoms with Gasteiger partial charge in [0.25, 0.3) is 0 Å². The van der Waals surface area contributed by atoms with E-state index in [2.05, 4.69) is 382 Å². The van der Waals surface area contributed by atoms with E-state index in [-0.39, 0.29) is 0 Å². The Hall–Kier alpha value is -14.2. The second kappa shape index (κ2) is 29.5. The Kier molecular flexibility index (Phi) is 17.9. The summed E-state index contributed by atoms with van der Waals surface area (Å²) in [5.74, 6) is 0.653. The minimum atomic E-state index is -1.43. The fraction of sp³-hybridized carbons (Fsp3) is 0. The second-order valence-corrected chi connectivity index (χ2v) is 29.6. The fourth-order valence-corrected chi connectivity index (χ4v) is 17.3. The minimum absolute atomic E-state index is 0.500. The van der Waals surface area contributed by atoms with E-state index in [1.807, 2.05) is 18.2 Å². The molecule has 533 valence electrons. The molecule has 0 saturated heterocycles. The molecular formula is C108H71B2O4. The van der Waals surface area contributed by atoms with Gasteiger partial charge >= 0.3 is 14.8 Å². The second-order valence-electron chi connectivity index (χ2n) is 29.6. The Morgan fingerprint density at radius 1 is 0.175 bits per heavy atom. The van der Waals surface area contributed by atoms with Crippen LogP contribution in [0, 0.1) is 0 Å². The molecule has 4 nitrogen and oxygen atoms in total. The molecule has 0 spiro atoms. The molecule has 6 heteroatoms. The lowest BCUT2D eigenvalue weighted by Crippen LogP contribution is -2.29. The Morgan fingerprint density at radius 3 is 0.842 bits per heavy atom. The average molecular weight is 1450 g/mol. The molecule has 114 heavy (non-hydrogen) atoms. The van der Waals surface area contributed by atoms with Crippen LogP contribution in [0.25, 0.3) is 207 Å². The Balaban J connectivity index is 0.000000121. The van der Waals surface area contributed by atoms with Gasteiger partial charge in [0.2, 0.25) is 0 Å². The number of benzene rings is 22. The van der Waals surface area contributed by atoms with Gasteiger partial charge in [0.05, 0.1) is 0 Å². The molecule has 0 aromatic heterocycles. The van der Waals surface area contributed by atoms with E-state index >= 15 is 0 Å². The Labute approximate surface area is 661 Å². The normalized spacial score (nSPS) is 11.5. The first-order valence-corrected chi connectivity index (χ1v) is 38.7. The zero-order valence-corrected chi connectivity index (χ0v) is 62.2. The standard InChI is InChI=1S/C54H34.C34H22BO2.C20H15BO2/c1-3-12-41-31-43(26-19-35(41)9-1)45-29-30-50-52(34-45)53(48-15-7-8-16-49(48)54(50)46-28-20-36-10-2-4-13-42(36)32-46)40-24-17-37(18-25-40)44-27-23-39-22-21-38-11-5-6-14-47(38)51(39)33-44;36-35-37-34-31-12-6-5-11-29(31)33(28-16-14-23-8-2-4-10-25(23)20-28)30-18-17-27(21-32(30)34)26-15-13-22-7-1-3-9-24(22)19-26;22-21(23)18-11-9-14(10-12-18)17-8-7-16-6-5-15-3-1-2-4-19(15)20(16)13-17/h1-34H;1-21,36H;1-13,22-23H. The first kappa shape index (κ1) is 69.0. The maximum atomic E-state index is 9.70. The van der Waals surface area contributed by atoms with Crippen molar-refractivity contribution in [3.63, 3.8) is 0 Å². The molecule has 0 amide bonds. The quantitative estimate of drug-likeness (QED) is 0.0725. The zero-order valence-electron chi connectivity index (χ0n) is 62.2. The van der Waals surface area contributed by atoms with Crippen molar-refractivity contribution < 1.29 is 19.7 Å². The summed E-state index contributed by atoms with van der Waals surface area (Å²) in [4.78, 5) is 0. The van der Waals surface area contributed by atoms with Crippen LogP contribution in [0.15, 0.2) is 413 Å². The summed E-state index contributed by atoms with van der Waals surface area (Å²) >= 11 is 0. The van der Waals surface area contributed by atoms with Gasteiger partial charge in [-0.25, -0.2) is 0 Å². The van der Waals surface area contributed by atoms with Gasteiger partial charge in [-0.15, -0.1) is 0 Å². The van der Waals surface area contributed by atoms with Gasteiger partial charge < -0.3 is 19.7 Å². The third-order valence-corrected chi connectivity index (χ3v) is 23.0. The lowest BCUT2D eigenvalue weighted by Gasteiger charge is -2.19. The van der Waals surface area contributed by atoms with E-state index in [9.17, 15) is 15.1 Å². The van der Waals surface area contributed by atoms with E-state index in [0.29, 0.717) is 11.2 Å². The van der Waals surface area contributed by atoms with Crippen LogP contribution in [0.1, 0.15) is 0 Å². The van der Waals surface area contributed by atoms with Crippen molar-refractivity contribution in [2.45, 2.75) is 0 Å². The van der Waals surface area contributed by atoms with E-state index < -0.39 is 7.12 Å². The first-order chi connectivity index (χ1) is 56.3. The molecule has 0 heterocycles. The van der Waals surface area contributed by atoms with E-state index in [0.717, 1.165) is 62.6 Å². The van der Waals surface area contributed by atoms with Crippen LogP contribution >= 0.6 is 0 Å². The van der Waals surface area contributed by atoms with Gasteiger partial charge in [-0.05, 0) is 250 Å². The molecule has 0 unspecified atom stereocenters. The van der Waals surface area contributed by atoms with Crippen LogP contribution < -0.4 is 10.1 Å². The Morgan fingerprint density at radius 2 is 0.421 bits per heavy atom. The summed E-state index contributed by atoms with van der Waals surface area (Å²) in [6.07, 6.45) is 0. The molecular weight excluding hydrogens is 1380 g/mol. The molecule has 0 bridgehead atoms. The fourth-order valence-electron chi connectivity index (χ4n) is 17.3. The zero-order chi connectivity index (χ0) is 76.2. The van der Waals surface area contributed by atoms with Crippen molar-refractivity contribution in [1.29, 1.82) is 0 Å². The third kappa shape index (κ3) is 12.9. The molecule has 1 radical (unpaired) electrons. The highest BCUT2D eigenvalue weighted by Gasteiger charge is 2.22. The molecule has 22 aromatic carbocycles. The highest BCUT2D eigenvalue weighted by atomic mass is 16.5. The molecule has 0 fully saturated rings. The number of hydrogen-bond donors (Lipinski definition) is 3. The summed E-state index contributed by atoms with van der Waals surface area (Å²) < 4.78 is 5.79. The molecule has 0 saturated carbocycles. The van der Waals surface area contributed by atoms with Gasteiger partial charge in [-0.1, -0.05) is 364 Å². The summed E-state index contributed by atoms with van der Waals surface area (Å²) in [7, 11) is -0.649. The van der Waals surface area contributed by atoms with Crippen molar-refractivity contribution in [2.24, 2.45) is 0 Å². The van der Waals surface area contributed by atoms with Crippen LogP contribution in [-0.4, -0.2) is 29.9 Å². The van der Waals surface area contributed by atoms with Gasteiger partial charge in [-0.3, -0.25) is 0 Å². The summed E-state index contributed by atoms with van der Waals surface area (Å²) in [5, 5.41) is 57.1. The first-order valence-electron chi connectivity index (χ1n) is 38.7. The van der Waals surface area contributed by atoms with Gasteiger partial charge in [0.1, 0.15) is 5.75 Å². The largest absolute Gasteiger partial charge is 0.569 e. The van der Waals surface area contributed by atoms with Crippen LogP contribution in [0.2, 0.25) is 0 Å². The molecule has 3 N–H and O–H groups in total. The van der Waals surface area contributed by atoms with Crippen LogP contribution in [0.3, 0.4) is 0 Å². The maximum absolute atomic E-state index is 9.70. The van der Waals surface area contributed by atoms with Crippen molar-refractivity contribution in [1.82, 2.24) is 0 Å². The summed E-state index contributed by atoms with van der Waals surface area (Å²) in [6.45, 7) is 0. The van der Waals surface area contributed by atoms with Gasteiger partial charge in [0, 0.05) is 10.8 Å². The molecule has 22 rings (SSSR count). The maximum Gasteiger partial charge on any atom is 0.569 e. The average Bonchev–Trinajstić information content (AvgIpc) is 0.728. The van der Waals surface area contributed by atoms with Crippen molar-refractivity contribution in [3.05, 3.63) is 413 Å². The van der Waals surface area contributed by atoms with Crippen molar-refractivity contribution in [2.75, 3.05) is 0 Å². The van der Waals surface area contributed by atoms with Gasteiger partial charge in [-0.2, -0.15) is 0 Å². The topological polar surface area (TPSA) is 69.9 Å². The number of rotatable bonds is 10. The van der Waals surface area contributed by atoms with Crippen molar-refractivity contribution >= 4 is 150 Å². The SMILES string of the molecule is OB(O)c1ccc(-c2ccc3ccc4ccccc4c3c2)cc1.O[B]Oc1c2ccccc2c(-c2ccc3ccccc3c2)c2ccc(-c3ccc4ccccc4c3)cc12.c1ccc2cc(-c3ccc4c(-c5ccc6ccccc6c5)c5ccccc5c(-c5ccc(-c6ccc7ccc8ccccc8c7c6)cc5)c4c3)ccc2c1. The van der Waals surface area contributed by atoms with E-state index in [1.54, 1.807) is 12.1 Å². The van der Waals surface area contributed by atoms with Crippen molar-refractivity contribution in [3.8, 4) is 83.6 Å². The van der Waals surface area contributed by atoms with Gasteiger partial charge in [0.15, 0.2) is 0 Å². The molecule has 0 aliphatic carbocycles. The third-order valence-electron chi connectivity index (χ3n) is 23.0. The smallest absolute Gasteiger partial charge is 0.537 e. The highest BCUT2D eigenvalue weighted by Crippen LogP contribution is 2.48. The highest BCUT2D eigenvalue weighted by molar-refractivity contribution is 6.58. The molecule has 0 aliphatic rings. The number of fused-ring (bicyclic) bond motifs is 14. The summed E-state index contributed by atoms with van der Waals surface area (Å²) in [5.41, 5.74) is 17.1. The monoisotopic (exact) mass is 1450 g/mol. The predicted octanol–water partition coefficient (Wildman–Crippen LogP) is 27.2. The molecule has 0 aliphatic heterocycles.